The summed E-state index contributed by atoms with van der Waals surface area (Å²) in [6.07, 6.45) is 3.29. The van der Waals surface area contributed by atoms with Gasteiger partial charge in [-0.25, -0.2) is 0 Å². The summed E-state index contributed by atoms with van der Waals surface area (Å²) in [6.45, 7) is 2.09. The number of aryl methyl sites for hydroxylation is 1. The Morgan fingerprint density at radius 3 is 2.71 bits per heavy atom. The SMILES string of the molecule is Cc1cccc(SC2(C#N)CCC2)c1. The fourth-order valence-electron chi connectivity index (χ4n) is 1.64. The molecule has 0 N–H and O–H groups in total. The van der Waals surface area contributed by atoms with Crippen LogP contribution in [0.3, 0.4) is 0 Å². The fraction of sp³-hybridized carbons (Fsp3) is 0.417. The summed E-state index contributed by atoms with van der Waals surface area (Å²) < 4.78 is -0.117. The van der Waals surface area contributed by atoms with E-state index in [-0.39, 0.29) is 4.75 Å². The van der Waals surface area contributed by atoms with Gasteiger partial charge >= 0.3 is 0 Å². The molecule has 0 heterocycles. The van der Waals surface area contributed by atoms with Crippen molar-refractivity contribution >= 4 is 11.8 Å². The Labute approximate surface area is 89.1 Å². The van der Waals surface area contributed by atoms with Gasteiger partial charge in [-0.15, -0.1) is 11.8 Å². The van der Waals surface area contributed by atoms with Crippen molar-refractivity contribution in [1.82, 2.24) is 0 Å². The van der Waals surface area contributed by atoms with Crippen molar-refractivity contribution in [3.05, 3.63) is 29.8 Å². The first-order valence-electron chi connectivity index (χ1n) is 4.91. The molecule has 1 fully saturated rings. The van der Waals surface area contributed by atoms with E-state index in [1.165, 1.54) is 16.9 Å². The summed E-state index contributed by atoms with van der Waals surface area (Å²) in [5.41, 5.74) is 1.27. The van der Waals surface area contributed by atoms with Crippen molar-refractivity contribution in [3.8, 4) is 6.07 Å². The maximum absolute atomic E-state index is 9.10. The molecule has 0 radical (unpaired) electrons. The van der Waals surface area contributed by atoms with E-state index in [4.69, 9.17) is 5.26 Å². The van der Waals surface area contributed by atoms with Crippen LogP contribution in [0.5, 0.6) is 0 Å². The Morgan fingerprint density at radius 1 is 1.43 bits per heavy atom. The third-order valence-electron chi connectivity index (χ3n) is 2.67. The molecular formula is C12H13NS. The average molecular weight is 203 g/mol. The normalized spacial score (nSPS) is 18.3. The van der Waals surface area contributed by atoms with Gasteiger partial charge in [-0.2, -0.15) is 5.26 Å². The van der Waals surface area contributed by atoms with Crippen LogP contribution in [0.4, 0.5) is 0 Å². The fourth-order valence-corrected chi connectivity index (χ4v) is 3.02. The molecule has 1 aromatic carbocycles. The molecule has 0 spiro atoms. The summed E-state index contributed by atoms with van der Waals surface area (Å²) in [6, 6.07) is 10.8. The van der Waals surface area contributed by atoms with Gasteiger partial charge in [-0.05, 0) is 38.3 Å². The molecule has 0 bridgehead atoms. The van der Waals surface area contributed by atoms with E-state index in [1.807, 2.05) is 0 Å². The largest absolute Gasteiger partial charge is 0.197 e. The third kappa shape index (κ3) is 1.78. The number of hydrogen-bond acceptors (Lipinski definition) is 2. The lowest BCUT2D eigenvalue weighted by Gasteiger charge is -2.34. The predicted molar refractivity (Wildman–Crippen MR) is 59.2 cm³/mol. The van der Waals surface area contributed by atoms with Crippen molar-refractivity contribution in [1.29, 1.82) is 5.26 Å². The predicted octanol–water partition coefficient (Wildman–Crippen LogP) is 3.53. The number of nitriles is 1. The van der Waals surface area contributed by atoms with Gasteiger partial charge in [0, 0.05) is 4.90 Å². The molecule has 72 valence electrons. The number of thioether (sulfide) groups is 1. The summed E-state index contributed by atoms with van der Waals surface area (Å²) in [5.74, 6) is 0. The quantitative estimate of drug-likeness (QED) is 0.734. The molecule has 0 amide bonds. The van der Waals surface area contributed by atoms with Gasteiger partial charge in [0.1, 0.15) is 4.75 Å². The highest BCUT2D eigenvalue weighted by molar-refractivity contribution is 8.01. The smallest absolute Gasteiger partial charge is 0.107 e. The van der Waals surface area contributed by atoms with E-state index in [9.17, 15) is 0 Å². The van der Waals surface area contributed by atoms with Crippen molar-refractivity contribution in [3.63, 3.8) is 0 Å². The molecule has 0 atom stereocenters. The second-order valence-corrected chi connectivity index (χ2v) is 5.34. The van der Waals surface area contributed by atoms with Crippen molar-refractivity contribution in [2.45, 2.75) is 35.8 Å². The van der Waals surface area contributed by atoms with E-state index in [0.29, 0.717) is 0 Å². The topological polar surface area (TPSA) is 23.8 Å². The van der Waals surface area contributed by atoms with Crippen LogP contribution in [0.15, 0.2) is 29.2 Å². The molecule has 0 aliphatic heterocycles. The minimum Gasteiger partial charge on any atom is -0.197 e. The van der Waals surface area contributed by atoms with Gasteiger partial charge in [0.2, 0.25) is 0 Å². The zero-order chi connectivity index (χ0) is 10.0. The lowest BCUT2D eigenvalue weighted by atomic mass is 9.86. The first-order valence-corrected chi connectivity index (χ1v) is 5.73. The maximum Gasteiger partial charge on any atom is 0.107 e. The molecule has 1 aromatic rings. The molecule has 1 aliphatic carbocycles. The van der Waals surface area contributed by atoms with Gasteiger partial charge in [0.15, 0.2) is 0 Å². The molecule has 1 saturated carbocycles. The molecule has 14 heavy (non-hydrogen) atoms. The van der Waals surface area contributed by atoms with E-state index in [0.717, 1.165) is 12.8 Å². The molecule has 0 unspecified atom stereocenters. The maximum atomic E-state index is 9.10. The van der Waals surface area contributed by atoms with Crippen LogP contribution in [0.2, 0.25) is 0 Å². The van der Waals surface area contributed by atoms with Crippen LogP contribution in [-0.2, 0) is 0 Å². The second kappa shape index (κ2) is 3.67. The summed E-state index contributed by atoms with van der Waals surface area (Å²) in [5, 5.41) is 9.10. The monoisotopic (exact) mass is 203 g/mol. The van der Waals surface area contributed by atoms with Crippen LogP contribution < -0.4 is 0 Å². The van der Waals surface area contributed by atoms with Crippen LogP contribution in [0, 0.1) is 18.3 Å². The van der Waals surface area contributed by atoms with Crippen LogP contribution in [0.1, 0.15) is 24.8 Å². The lowest BCUT2D eigenvalue weighted by molar-refractivity contribution is 0.440. The van der Waals surface area contributed by atoms with Gasteiger partial charge in [0.25, 0.3) is 0 Å². The Hall–Kier alpha value is -0.940. The minimum atomic E-state index is -0.117. The zero-order valence-corrected chi connectivity index (χ0v) is 9.10. The van der Waals surface area contributed by atoms with E-state index >= 15 is 0 Å². The highest BCUT2D eigenvalue weighted by atomic mass is 32.2. The average Bonchev–Trinajstić information content (AvgIpc) is 2.11. The molecule has 0 saturated heterocycles. The molecule has 1 nitrogen and oxygen atoms in total. The first-order chi connectivity index (χ1) is 6.74. The minimum absolute atomic E-state index is 0.117. The van der Waals surface area contributed by atoms with Gasteiger partial charge in [-0.3, -0.25) is 0 Å². The van der Waals surface area contributed by atoms with Crippen molar-refractivity contribution in [2.75, 3.05) is 0 Å². The van der Waals surface area contributed by atoms with Crippen LogP contribution in [-0.4, -0.2) is 4.75 Å². The molecule has 0 aromatic heterocycles. The third-order valence-corrected chi connectivity index (χ3v) is 4.05. The Kier molecular flexibility index (Phi) is 2.52. The van der Waals surface area contributed by atoms with Crippen LogP contribution in [0.25, 0.3) is 0 Å². The lowest BCUT2D eigenvalue weighted by Crippen LogP contribution is -2.30. The molecule has 1 aliphatic rings. The Bertz CT molecular complexity index is 374. The van der Waals surface area contributed by atoms with E-state index < -0.39 is 0 Å². The highest BCUT2D eigenvalue weighted by Crippen LogP contribution is 2.47. The molecule has 2 heteroatoms. The summed E-state index contributed by atoms with van der Waals surface area (Å²) >= 11 is 1.73. The van der Waals surface area contributed by atoms with Gasteiger partial charge < -0.3 is 0 Å². The van der Waals surface area contributed by atoms with Crippen molar-refractivity contribution < 1.29 is 0 Å². The Morgan fingerprint density at radius 2 is 2.21 bits per heavy atom. The molecule has 2 rings (SSSR count). The standard InChI is InChI=1S/C12H13NS/c1-10-4-2-5-11(8-10)14-12(9-13)6-3-7-12/h2,4-5,8H,3,6-7H2,1H3. The van der Waals surface area contributed by atoms with E-state index in [2.05, 4.69) is 37.3 Å². The Balaban J connectivity index is 2.14. The van der Waals surface area contributed by atoms with E-state index in [1.54, 1.807) is 11.8 Å². The summed E-state index contributed by atoms with van der Waals surface area (Å²) in [7, 11) is 0. The van der Waals surface area contributed by atoms with Crippen molar-refractivity contribution in [2.24, 2.45) is 0 Å². The zero-order valence-electron chi connectivity index (χ0n) is 8.29. The van der Waals surface area contributed by atoms with Gasteiger partial charge in [0.05, 0.1) is 6.07 Å². The summed E-state index contributed by atoms with van der Waals surface area (Å²) in [4.78, 5) is 1.23. The number of nitrogens with zero attached hydrogens (tertiary/aromatic N) is 1. The first kappa shape index (κ1) is 9.61. The van der Waals surface area contributed by atoms with Crippen LogP contribution >= 0.6 is 11.8 Å². The highest BCUT2D eigenvalue weighted by Gasteiger charge is 2.38. The molecular weight excluding hydrogens is 190 g/mol. The second-order valence-electron chi connectivity index (χ2n) is 3.88. The number of rotatable bonds is 2. The van der Waals surface area contributed by atoms with Gasteiger partial charge in [-0.1, -0.05) is 17.7 Å². The number of benzene rings is 1. The number of hydrogen-bond donors (Lipinski definition) is 0.